The van der Waals surface area contributed by atoms with Crippen molar-refractivity contribution >= 4 is 45.4 Å². The SMILES string of the molecule is CCC1(CC)NC(=O)N(CC(=O)OCC(=O)Nc2ccc(Br)cc2F)C1=O. The Morgan fingerprint density at radius 2 is 1.96 bits per heavy atom. The number of imide groups is 1. The number of nitrogens with zero attached hydrogens (tertiary/aromatic N) is 1. The summed E-state index contributed by atoms with van der Waals surface area (Å²) in [6.07, 6.45) is 0.779. The number of nitrogens with one attached hydrogen (secondary N) is 2. The summed E-state index contributed by atoms with van der Waals surface area (Å²) in [6.45, 7) is 2.24. The summed E-state index contributed by atoms with van der Waals surface area (Å²) >= 11 is 3.09. The quantitative estimate of drug-likeness (QED) is 0.496. The van der Waals surface area contributed by atoms with E-state index in [0.29, 0.717) is 17.3 Å². The number of carbonyl (C=O) groups is 4. The van der Waals surface area contributed by atoms with E-state index in [2.05, 4.69) is 26.6 Å². The summed E-state index contributed by atoms with van der Waals surface area (Å²) < 4.78 is 18.9. The zero-order valence-corrected chi connectivity index (χ0v) is 16.4. The molecular formula is C17H19BrFN3O5. The van der Waals surface area contributed by atoms with E-state index in [9.17, 15) is 23.6 Å². The molecule has 0 saturated carbocycles. The first kappa shape index (κ1) is 20.8. The molecule has 0 atom stereocenters. The van der Waals surface area contributed by atoms with Gasteiger partial charge in [0.05, 0.1) is 5.69 Å². The topological polar surface area (TPSA) is 105 Å². The van der Waals surface area contributed by atoms with Gasteiger partial charge in [-0.25, -0.2) is 9.18 Å². The van der Waals surface area contributed by atoms with Gasteiger partial charge in [0.15, 0.2) is 6.61 Å². The maximum absolute atomic E-state index is 13.7. The van der Waals surface area contributed by atoms with Gasteiger partial charge in [0, 0.05) is 4.47 Å². The first-order valence-corrected chi connectivity index (χ1v) is 9.06. The van der Waals surface area contributed by atoms with Gasteiger partial charge in [-0.15, -0.1) is 0 Å². The van der Waals surface area contributed by atoms with Crippen LogP contribution >= 0.6 is 15.9 Å². The molecule has 4 amide bonds. The molecule has 27 heavy (non-hydrogen) atoms. The highest BCUT2D eigenvalue weighted by Crippen LogP contribution is 2.24. The molecule has 0 bridgehead atoms. The lowest BCUT2D eigenvalue weighted by molar-refractivity contribution is -0.150. The number of rotatable bonds is 7. The molecule has 8 nitrogen and oxygen atoms in total. The summed E-state index contributed by atoms with van der Waals surface area (Å²) in [5.74, 6) is -2.83. The number of esters is 1. The van der Waals surface area contributed by atoms with Crippen molar-refractivity contribution in [2.45, 2.75) is 32.2 Å². The molecule has 0 aromatic heterocycles. The third-order valence-corrected chi connectivity index (χ3v) is 4.80. The normalized spacial score (nSPS) is 15.5. The van der Waals surface area contributed by atoms with Gasteiger partial charge < -0.3 is 15.4 Å². The lowest BCUT2D eigenvalue weighted by Gasteiger charge is -2.22. The maximum Gasteiger partial charge on any atom is 0.326 e. The average molecular weight is 444 g/mol. The number of amides is 4. The predicted molar refractivity (Wildman–Crippen MR) is 97.2 cm³/mol. The fraction of sp³-hybridized carbons (Fsp3) is 0.412. The zero-order chi connectivity index (χ0) is 20.2. The van der Waals surface area contributed by atoms with Crippen LogP contribution in [-0.2, 0) is 19.1 Å². The number of ether oxygens (including phenoxy) is 1. The Hall–Kier alpha value is -2.49. The van der Waals surface area contributed by atoms with E-state index in [-0.39, 0.29) is 5.69 Å². The molecule has 0 spiro atoms. The molecule has 1 saturated heterocycles. The first-order chi connectivity index (χ1) is 12.7. The predicted octanol–water partition coefficient (Wildman–Crippen LogP) is 2.18. The van der Waals surface area contributed by atoms with Crippen LogP contribution in [0.3, 0.4) is 0 Å². The van der Waals surface area contributed by atoms with Crippen LogP contribution in [0.4, 0.5) is 14.9 Å². The molecule has 2 N–H and O–H groups in total. The van der Waals surface area contributed by atoms with Gasteiger partial charge in [0.2, 0.25) is 0 Å². The minimum Gasteiger partial charge on any atom is -0.454 e. The average Bonchev–Trinajstić information content (AvgIpc) is 2.87. The lowest BCUT2D eigenvalue weighted by Crippen LogP contribution is -2.46. The van der Waals surface area contributed by atoms with E-state index < -0.39 is 48.3 Å². The summed E-state index contributed by atoms with van der Waals surface area (Å²) in [6, 6.07) is 3.38. The fourth-order valence-corrected chi connectivity index (χ4v) is 2.98. The van der Waals surface area contributed by atoms with Crippen LogP contribution < -0.4 is 10.6 Å². The number of carbonyl (C=O) groups excluding carboxylic acids is 4. The molecule has 1 heterocycles. The zero-order valence-electron chi connectivity index (χ0n) is 14.8. The van der Waals surface area contributed by atoms with E-state index in [0.717, 1.165) is 4.90 Å². The van der Waals surface area contributed by atoms with Crippen LogP contribution in [0.2, 0.25) is 0 Å². The largest absolute Gasteiger partial charge is 0.454 e. The van der Waals surface area contributed by atoms with E-state index >= 15 is 0 Å². The lowest BCUT2D eigenvalue weighted by atomic mass is 9.93. The molecule has 2 rings (SSSR count). The Balaban J connectivity index is 1.88. The third kappa shape index (κ3) is 4.62. The van der Waals surface area contributed by atoms with Crippen molar-refractivity contribution in [3.05, 3.63) is 28.5 Å². The number of halogens is 2. The first-order valence-electron chi connectivity index (χ1n) is 8.27. The second-order valence-electron chi connectivity index (χ2n) is 5.94. The summed E-state index contributed by atoms with van der Waals surface area (Å²) in [4.78, 5) is 48.8. The third-order valence-electron chi connectivity index (χ3n) is 4.31. The van der Waals surface area contributed by atoms with Crippen molar-refractivity contribution in [1.29, 1.82) is 0 Å². The van der Waals surface area contributed by atoms with Crippen LogP contribution in [0, 0.1) is 5.82 Å². The molecule has 0 aliphatic carbocycles. The highest BCUT2D eigenvalue weighted by Gasteiger charge is 2.49. The van der Waals surface area contributed by atoms with Gasteiger partial charge in [-0.05, 0) is 31.0 Å². The van der Waals surface area contributed by atoms with E-state index in [1.54, 1.807) is 13.8 Å². The van der Waals surface area contributed by atoms with Crippen LogP contribution in [0.25, 0.3) is 0 Å². The number of anilines is 1. The van der Waals surface area contributed by atoms with Gasteiger partial charge in [-0.2, -0.15) is 0 Å². The monoisotopic (exact) mass is 443 g/mol. The van der Waals surface area contributed by atoms with Crippen molar-refractivity contribution in [1.82, 2.24) is 10.2 Å². The minimum atomic E-state index is -1.02. The number of hydrogen-bond donors (Lipinski definition) is 2. The second kappa shape index (κ2) is 8.47. The molecule has 1 aliphatic rings. The number of hydrogen-bond acceptors (Lipinski definition) is 5. The van der Waals surface area contributed by atoms with Gasteiger partial charge in [0.25, 0.3) is 11.8 Å². The Labute approximate surface area is 163 Å². The standard InChI is InChI=1S/C17H19BrFN3O5/c1-3-17(4-2)15(25)22(16(26)21-17)8-14(24)27-9-13(23)20-12-6-5-10(18)7-11(12)19/h5-7H,3-4,8-9H2,1-2H3,(H,20,23)(H,21,26). The summed E-state index contributed by atoms with van der Waals surface area (Å²) in [7, 11) is 0. The molecular weight excluding hydrogens is 425 g/mol. The van der Waals surface area contributed by atoms with Crippen molar-refractivity contribution in [2.75, 3.05) is 18.5 Å². The van der Waals surface area contributed by atoms with Crippen LogP contribution in [-0.4, -0.2) is 47.4 Å². The maximum atomic E-state index is 13.7. The number of urea groups is 1. The Morgan fingerprint density at radius 3 is 2.52 bits per heavy atom. The molecule has 1 aromatic carbocycles. The van der Waals surface area contributed by atoms with E-state index in [1.165, 1.54) is 18.2 Å². The van der Waals surface area contributed by atoms with Crippen LogP contribution in [0.5, 0.6) is 0 Å². The Kier molecular flexibility index (Phi) is 6.53. The molecule has 10 heteroatoms. The second-order valence-corrected chi connectivity index (χ2v) is 6.86. The summed E-state index contributed by atoms with van der Waals surface area (Å²) in [5, 5.41) is 4.85. The molecule has 1 aromatic rings. The minimum absolute atomic E-state index is 0.0657. The number of benzene rings is 1. The smallest absolute Gasteiger partial charge is 0.326 e. The highest BCUT2D eigenvalue weighted by molar-refractivity contribution is 9.10. The van der Waals surface area contributed by atoms with Gasteiger partial charge >= 0.3 is 12.0 Å². The van der Waals surface area contributed by atoms with Crippen LogP contribution in [0.1, 0.15) is 26.7 Å². The fourth-order valence-electron chi connectivity index (χ4n) is 2.65. The van der Waals surface area contributed by atoms with Gasteiger partial charge in [-0.1, -0.05) is 29.8 Å². The molecule has 146 valence electrons. The Morgan fingerprint density at radius 1 is 1.30 bits per heavy atom. The van der Waals surface area contributed by atoms with Gasteiger partial charge in [-0.3, -0.25) is 19.3 Å². The summed E-state index contributed by atoms with van der Waals surface area (Å²) in [5.41, 5.74) is -1.09. The molecule has 0 radical (unpaired) electrons. The van der Waals surface area contributed by atoms with Crippen molar-refractivity contribution in [3.8, 4) is 0 Å². The van der Waals surface area contributed by atoms with Crippen molar-refractivity contribution < 1.29 is 28.3 Å². The van der Waals surface area contributed by atoms with Crippen LogP contribution in [0.15, 0.2) is 22.7 Å². The van der Waals surface area contributed by atoms with Crippen molar-refractivity contribution in [2.24, 2.45) is 0 Å². The molecule has 1 fully saturated rings. The van der Waals surface area contributed by atoms with Crippen molar-refractivity contribution in [3.63, 3.8) is 0 Å². The highest BCUT2D eigenvalue weighted by atomic mass is 79.9. The van der Waals surface area contributed by atoms with E-state index in [4.69, 9.17) is 4.74 Å². The molecule has 0 unspecified atom stereocenters. The van der Waals surface area contributed by atoms with Gasteiger partial charge in [0.1, 0.15) is 17.9 Å². The molecule has 1 aliphatic heterocycles. The Bertz CT molecular complexity index is 782. The van der Waals surface area contributed by atoms with E-state index in [1.807, 2.05) is 0 Å².